The van der Waals surface area contributed by atoms with Crippen LogP contribution in [0.4, 0.5) is 14.6 Å². The molecule has 122 valence electrons. The molecule has 0 aliphatic carbocycles. The lowest BCUT2D eigenvalue weighted by molar-refractivity contribution is 0.391. The zero-order chi connectivity index (χ0) is 16.4. The molecule has 0 amide bonds. The summed E-state index contributed by atoms with van der Waals surface area (Å²) in [5.74, 6) is -0.310. The molecule has 2 N–H and O–H groups in total. The van der Waals surface area contributed by atoms with Crippen molar-refractivity contribution in [3.05, 3.63) is 41.5 Å². The molecule has 5 nitrogen and oxygen atoms in total. The molecule has 0 saturated carbocycles. The molecule has 1 aromatic heterocycles. The molecule has 0 spiro atoms. The molecule has 3 rings (SSSR count). The molecule has 1 saturated heterocycles. The van der Waals surface area contributed by atoms with Crippen molar-refractivity contribution in [2.24, 2.45) is 5.73 Å². The van der Waals surface area contributed by atoms with E-state index in [0.717, 1.165) is 25.0 Å². The van der Waals surface area contributed by atoms with Gasteiger partial charge in [-0.15, -0.1) is 0 Å². The Kier molecular flexibility index (Phi) is 4.63. The van der Waals surface area contributed by atoms with E-state index in [1.807, 2.05) is 4.90 Å². The Labute approximate surface area is 136 Å². The molecule has 1 aromatic carbocycles. The molecule has 2 heterocycles. The summed E-state index contributed by atoms with van der Waals surface area (Å²) in [5.41, 5.74) is 6.05. The number of aromatic nitrogens is 2. The molecule has 0 atom stereocenters. The van der Waals surface area contributed by atoms with E-state index >= 15 is 0 Å². The molecule has 1 aliphatic heterocycles. The fraction of sp³-hybridized carbons (Fsp3) is 0.333. The lowest BCUT2D eigenvalue weighted by Gasteiger charge is -2.37. The van der Waals surface area contributed by atoms with Crippen LogP contribution in [0.3, 0.4) is 0 Å². The molecule has 2 aromatic rings. The van der Waals surface area contributed by atoms with Crippen molar-refractivity contribution >= 4 is 17.6 Å². The van der Waals surface area contributed by atoms with Crippen LogP contribution in [0.2, 0.25) is 0 Å². The fourth-order valence-corrected chi connectivity index (χ4v) is 3.05. The van der Waals surface area contributed by atoms with Crippen LogP contribution in [-0.2, 0) is 5.75 Å². The van der Waals surface area contributed by atoms with Crippen LogP contribution in [-0.4, -0.2) is 36.2 Å². The third-order valence-corrected chi connectivity index (χ3v) is 4.40. The summed E-state index contributed by atoms with van der Waals surface area (Å²) < 4.78 is 32.1. The number of hydrogen-bond acceptors (Lipinski definition) is 6. The van der Waals surface area contributed by atoms with Gasteiger partial charge in [-0.3, -0.25) is 0 Å². The van der Waals surface area contributed by atoms with Crippen LogP contribution in [0.25, 0.3) is 0 Å². The van der Waals surface area contributed by atoms with Crippen LogP contribution >= 0.6 is 11.8 Å². The summed E-state index contributed by atoms with van der Waals surface area (Å²) in [4.78, 5) is 10.7. The molecule has 0 radical (unpaired) electrons. The quantitative estimate of drug-likeness (QED) is 0.666. The first-order valence-electron chi connectivity index (χ1n) is 7.06. The minimum Gasteiger partial charge on any atom is -0.481 e. The van der Waals surface area contributed by atoms with Crippen LogP contribution in [0, 0.1) is 11.6 Å². The summed E-state index contributed by atoms with van der Waals surface area (Å²) in [6, 6.07) is 6.00. The predicted molar refractivity (Wildman–Crippen MR) is 84.7 cm³/mol. The smallest absolute Gasteiger partial charge is 0.219 e. The summed E-state index contributed by atoms with van der Waals surface area (Å²) in [6.07, 6.45) is 0. The number of methoxy groups -OCH3 is 1. The number of hydrogen-bond donors (Lipinski definition) is 1. The molecule has 1 aliphatic rings. The van der Waals surface area contributed by atoms with E-state index in [-0.39, 0.29) is 17.4 Å². The number of nitrogens with zero attached hydrogens (tertiary/aromatic N) is 3. The van der Waals surface area contributed by atoms with E-state index in [1.165, 1.54) is 24.9 Å². The number of benzene rings is 1. The largest absolute Gasteiger partial charge is 0.481 e. The number of anilines is 1. The average molecular weight is 338 g/mol. The van der Waals surface area contributed by atoms with Crippen LogP contribution in [0.5, 0.6) is 5.88 Å². The predicted octanol–water partition coefficient (Wildman–Crippen LogP) is 2.20. The van der Waals surface area contributed by atoms with Gasteiger partial charge in [0.05, 0.1) is 7.11 Å². The SMILES string of the molecule is COc1cc(N2CC(N)C2)nc(SCc2cccc(F)c2F)n1. The van der Waals surface area contributed by atoms with E-state index in [2.05, 4.69) is 9.97 Å². The maximum Gasteiger partial charge on any atom is 0.219 e. The first-order chi connectivity index (χ1) is 11.1. The standard InChI is InChI=1S/C15H16F2N4OS/c1-22-13-5-12(21-6-10(18)7-21)19-15(20-13)23-8-9-3-2-4-11(16)14(9)17/h2-5,10H,6-8,18H2,1H3. The highest BCUT2D eigenvalue weighted by Gasteiger charge is 2.25. The molecule has 23 heavy (non-hydrogen) atoms. The Morgan fingerprint density at radius 3 is 2.83 bits per heavy atom. The van der Waals surface area contributed by atoms with E-state index in [0.29, 0.717) is 11.0 Å². The minimum absolute atomic E-state index is 0.147. The maximum atomic E-state index is 13.7. The molecular formula is C15H16F2N4OS. The van der Waals surface area contributed by atoms with Gasteiger partial charge >= 0.3 is 0 Å². The highest BCUT2D eigenvalue weighted by atomic mass is 32.2. The van der Waals surface area contributed by atoms with Gasteiger partial charge in [-0.25, -0.2) is 13.8 Å². The van der Waals surface area contributed by atoms with Crippen molar-refractivity contribution in [3.8, 4) is 5.88 Å². The second kappa shape index (κ2) is 6.67. The maximum absolute atomic E-state index is 13.7. The number of nitrogens with two attached hydrogens (primary N) is 1. The van der Waals surface area contributed by atoms with Crippen molar-refractivity contribution in [3.63, 3.8) is 0 Å². The topological polar surface area (TPSA) is 64.3 Å². The van der Waals surface area contributed by atoms with E-state index in [9.17, 15) is 8.78 Å². The van der Waals surface area contributed by atoms with Gasteiger partial charge in [0.15, 0.2) is 16.8 Å². The summed E-state index contributed by atoms with van der Waals surface area (Å²) in [6.45, 7) is 1.45. The monoisotopic (exact) mass is 338 g/mol. The highest BCUT2D eigenvalue weighted by Crippen LogP contribution is 2.28. The van der Waals surface area contributed by atoms with Crippen molar-refractivity contribution in [1.82, 2.24) is 9.97 Å². The number of ether oxygens (including phenoxy) is 1. The van der Waals surface area contributed by atoms with E-state index < -0.39 is 11.6 Å². The van der Waals surface area contributed by atoms with Gasteiger partial charge in [0, 0.05) is 36.5 Å². The van der Waals surface area contributed by atoms with Gasteiger partial charge in [0.2, 0.25) is 5.88 Å². The second-order valence-corrected chi connectivity index (χ2v) is 6.16. The zero-order valence-corrected chi connectivity index (χ0v) is 13.3. The Morgan fingerprint density at radius 1 is 1.35 bits per heavy atom. The zero-order valence-electron chi connectivity index (χ0n) is 12.5. The summed E-state index contributed by atoms with van der Waals surface area (Å²) in [5, 5.41) is 0.448. The Morgan fingerprint density at radius 2 is 2.13 bits per heavy atom. The third-order valence-electron chi connectivity index (χ3n) is 3.50. The molecular weight excluding hydrogens is 322 g/mol. The first-order valence-corrected chi connectivity index (χ1v) is 8.04. The van der Waals surface area contributed by atoms with Gasteiger partial charge in [0.1, 0.15) is 5.82 Å². The fourth-order valence-electron chi connectivity index (χ4n) is 2.23. The minimum atomic E-state index is -0.857. The molecule has 8 heteroatoms. The van der Waals surface area contributed by atoms with E-state index in [1.54, 1.807) is 12.1 Å². The van der Waals surface area contributed by atoms with Gasteiger partial charge < -0.3 is 15.4 Å². The van der Waals surface area contributed by atoms with Gasteiger partial charge in [0.25, 0.3) is 0 Å². The van der Waals surface area contributed by atoms with Crippen LogP contribution in [0.15, 0.2) is 29.4 Å². The average Bonchev–Trinajstić information content (AvgIpc) is 2.53. The molecule has 1 fully saturated rings. The Bertz CT molecular complexity index is 710. The number of halogens is 2. The van der Waals surface area contributed by atoms with Crippen LogP contribution in [0.1, 0.15) is 5.56 Å². The number of rotatable bonds is 5. The van der Waals surface area contributed by atoms with Crippen molar-refractivity contribution in [2.45, 2.75) is 17.0 Å². The van der Waals surface area contributed by atoms with E-state index in [4.69, 9.17) is 10.5 Å². The van der Waals surface area contributed by atoms with Crippen molar-refractivity contribution < 1.29 is 13.5 Å². The first kappa shape index (κ1) is 15.9. The highest BCUT2D eigenvalue weighted by molar-refractivity contribution is 7.98. The summed E-state index contributed by atoms with van der Waals surface area (Å²) >= 11 is 1.23. The summed E-state index contributed by atoms with van der Waals surface area (Å²) in [7, 11) is 1.52. The van der Waals surface area contributed by atoms with Crippen molar-refractivity contribution in [1.29, 1.82) is 0 Å². The molecule has 0 bridgehead atoms. The second-order valence-electron chi connectivity index (χ2n) is 5.22. The normalized spacial score (nSPS) is 14.7. The van der Waals surface area contributed by atoms with Crippen LogP contribution < -0.4 is 15.4 Å². The molecule has 0 unspecified atom stereocenters. The van der Waals surface area contributed by atoms with Gasteiger partial charge in [-0.1, -0.05) is 23.9 Å². The Hall–Kier alpha value is -1.93. The van der Waals surface area contributed by atoms with Gasteiger partial charge in [-0.2, -0.15) is 4.98 Å². The lowest BCUT2D eigenvalue weighted by Crippen LogP contribution is -2.56. The van der Waals surface area contributed by atoms with Gasteiger partial charge in [-0.05, 0) is 6.07 Å². The number of thioether (sulfide) groups is 1. The Balaban J connectivity index is 1.76. The lowest BCUT2D eigenvalue weighted by atomic mass is 10.1. The third kappa shape index (κ3) is 3.53. The van der Waals surface area contributed by atoms with Crippen molar-refractivity contribution in [2.75, 3.05) is 25.1 Å².